The number of thiazole rings is 1. The zero-order valence-electron chi connectivity index (χ0n) is 9.30. The van der Waals surface area contributed by atoms with Gasteiger partial charge < -0.3 is 5.32 Å². The van der Waals surface area contributed by atoms with Gasteiger partial charge in [0.1, 0.15) is 0 Å². The van der Waals surface area contributed by atoms with E-state index in [9.17, 15) is 0 Å². The van der Waals surface area contributed by atoms with E-state index in [1.807, 2.05) is 13.1 Å². The summed E-state index contributed by atoms with van der Waals surface area (Å²) in [4.78, 5) is 4.48. The van der Waals surface area contributed by atoms with Gasteiger partial charge in [-0.2, -0.15) is 8.75 Å². The van der Waals surface area contributed by atoms with Gasteiger partial charge in [-0.3, -0.25) is 0 Å². The van der Waals surface area contributed by atoms with Crippen LogP contribution >= 0.6 is 23.1 Å². The lowest BCUT2D eigenvalue weighted by atomic mass is 10.1. The molecule has 4 nitrogen and oxygen atoms in total. The molecule has 16 heavy (non-hydrogen) atoms. The summed E-state index contributed by atoms with van der Waals surface area (Å²) in [7, 11) is 0. The van der Waals surface area contributed by atoms with Crippen LogP contribution in [0.2, 0.25) is 0 Å². The van der Waals surface area contributed by atoms with Gasteiger partial charge in [0.05, 0.1) is 34.7 Å². The lowest BCUT2D eigenvalue weighted by Crippen LogP contribution is -2.23. The molecule has 0 aliphatic carbocycles. The molecule has 0 radical (unpaired) electrons. The zero-order valence-corrected chi connectivity index (χ0v) is 10.9. The number of aromatic nitrogens is 3. The highest BCUT2D eigenvalue weighted by atomic mass is 32.1. The van der Waals surface area contributed by atoms with Crippen molar-refractivity contribution in [3.05, 3.63) is 28.0 Å². The maximum absolute atomic E-state index is 4.48. The van der Waals surface area contributed by atoms with Gasteiger partial charge in [0.15, 0.2) is 0 Å². The first kappa shape index (κ1) is 11.6. The lowest BCUT2D eigenvalue weighted by Gasteiger charge is -2.13. The van der Waals surface area contributed by atoms with Crippen molar-refractivity contribution in [1.82, 2.24) is 19.0 Å². The third-order valence-corrected chi connectivity index (χ3v) is 3.71. The monoisotopic (exact) mass is 254 g/mol. The van der Waals surface area contributed by atoms with Crippen molar-refractivity contribution in [1.29, 1.82) is 0 Å². The molecule has 0 fully saturated rings. The average Bonchev–Trinajstić information content (AvgIpc) is 2.88. The molecule has 1 N–H and O–H groups in total. The fourth-order valence-electron chi connectivity index (χ4n) is 1.52. The Morgan fingerprint density at radius 2 is 2.38 bits per heavy atom. The second-order valence-electron chi connectivity index (χ2n) is 3.53. The summed E-state index contributed by atoms with van der Waals surface area (Å²) >= 11 is 2.96. The Labute approximate surface area is 103 Å². The fraction of sp³-hybridized carbons (Fsp3) is 0.500. The van der Waals surface area contributed by atoms with Crippen molar-refractivity contribution in [2.45, 2.75) is 26.3 Å². The quantitative estimate of drug-likeness (QED) is 0.888. The van der Waals surface area contributed by atoms with Crippen LogP contribution in [0.1, 0.15) is 29.4 Å². The molecule has 0 aliphatic rings. The van der Waals surface area contributed by atoms with E-state index in [1.54, 1.807) is 11.3 Å². The Kier molecular flexibility index (Phi) is 3.98. The number of hydrogen-bond acceptors (Lipinski definition) is 6. The van der Waals surface area contributed by atoms with Crippen molar-refractivity contribution in [3.63, 3.8) is 0 Å². The van der Waals surface area contributed by atoms with E-state index in [-0.39, 0.29) is 6.04 Å². The predicted octanol–water partition coefficient (Wildman–Crippen LogP) is 2.20. The Morgan fingerprint density at radius 1 is 1.50 bits per heavy atom. The summed E-state index contributed by atoms with van der Waals surface area (Å²) in [5.41, 5.74) is 2.10. The van der Waals surface area contributed by atoms with Gasteiger partial charge in [-0.1, -0.05) is 6.92 Å². The van der Waals surface area contributed by atoms with E-state index in [2.05, 4.69) is 31.4 Å². The maximum Gasteiger partial charge on any atom is 0.0947 e. The van der Waals surface area contributed by atoms with Gasteiger partial charge in [-0.15, -0.1) is 11.3 Å². The van der Waals surface area contributed by atoms with E-state index >= 15 is 0 Å². The summed E-state index contributed by atoms with van der Waals surface area (Å²) in [5, 5.41) is 6.64. The molecule has 1 atom stereocenters. The Hall–Kier alpha value is -0.850. The van der Waals surface area contributed by atoms with Gasteiger partial charge in [-0.25, -0.2) is 4.98 Å². The van der Waals surface area contributed by atoms with Crippen LogP contribution < -0.4 is 5.32 Å². The number of likely N-dealkylation sites (N-methyl/N-ethyl adjacent to an activating group) is 1. The molecule has 2 heterocycles. The van der Waals surface area contributed by atoms with Gasteiger partial charge in [-0.05, 0) is 13.5 Å². The minimum Gasteiger partial charge on any atom is -0.308 e. The van der Waals surface area contributed by atoms with Crippen LogP contribution in [0.5, 0.6) is 0 Å². The van der Waals surface area contributed by atoms with E-state index in [0.29, 0.717) is 0 Å². The molecule has 0 aromatic carbocycles. The molecule has 0 amide bonds. The Bertz CT molecular complexity index is 424. The highest BCUT2D eigenvalue weighted by Gasteiger charge is 2.15. The standard InChI is InChI=1S/C10H14N4S2/c1-3-11-8(9-5-12-16-14-9)4-10-13-7(2)6-15-10/h5-6,8,11H,3-4H2,1-2H3. The summed E-state index contributed by atoms with van der Waals surface area (Å²) in [6, 6.07) is 0.231. The van der Waals surface area contributed by atoms with Crippen molar-refractivity contribution in [3.8, 4) is 0 Å². The third kappa shape index (κ3) is 2.84. The number of nitrogens with one attached hydrogen (secondary N) is 1. The van der Waals surface area contributed by atoms with Crippen LogP contribution in [0.4, 0.5) is 0 Å². The van der Waals surface area contributed by atoms with E-state index in [4.69, 9.17) is 0 Å². The summed E-state index contributed by atoms with van der Waals surface area (Å²) in [6.07, 6.45) is 2.72. The third-order valence-electron chi connectivity index (χ3n) is 2.23. The van der Waals surface area contributed by atoms with Crippen molar-refractivity contribution < 1.29 is 0 Å². The molecule has 0 aliphatic heterocycles. The minimum atomic E-state index is 0.231. The molecule has 6 heteroatoms. The van der Waals surface area contributed by atoms with Crippen molar-refractivity contribution in [2.24, 2.45) is 0 Å². The summed E-state index contributed by atoms with van der Waals surface area (Å²) < 4.78 is 8.33. The van der Waals surface area contributed by atoms with Crippen LogP contribution in [0.15, 0.2) is 11.6 Å². The van der Waals surface area contributed by atoms with Gasteiger partial charge in [0, 0.05) is 17.5 Å². The number of aryl methyl sites for hydroxylation is 1. The molecule has 2 rings (SSSR count). The SMILES string of the molecule is CCNC(Cc1nc(C)cs1)c1cnsn1. The molecule has 0 saturated heterocycles. The first-order chi connectivity index (χ1) is 7.79. The molecule has 86 valence electrons. The molecule has 0 saturated carbocycles. The van der Waals surface area contributed by atoms with Crippen LogP contribution in [0, 0.1) is 6.92 Å². The van der Waals surface area contributed by atoms with Crippen molar-refractivity contribution in [2.75, 3.05) is 6.54 Å². The minimum absolute atomic E-state index is 0.231. The second-order valence-corrected chi connectivity index (χ2v) is 5.03. The van der Waals surface area contributed by atoms with Gasteiger partial charge in [0.25, 0.3) is 0 Å². The highest BCUT2D eigenvalue weighted by Crippen LogP contribution is 2.19. The summed E-state index contributed by atoms with van der Waals surface area (Å²) in [5.74, 6) is 0. The first-order valence-corrected chi connectivity index (χ1v) is 6.82. The normalized spacial score (nSPS) is 12.9. The maximum atomic E-state index is 4.48. The lowest BCUT2D eigenvalue weighted by molar-refractivity contribution is 0.539. The van der Waals surface area contributed by atoms with E-state index in [0.717, 1.165) is 29.4 Å². The van der Waals surface area contributed by atoms with Gasteiger partial charge in [0.2, 0.25) is 0 Å². The molecular formula is C10H14N4S2. The van der Waals surface area contributed by atoms with Crippen molar-refractivity contribution >= 4 is 23.1 Å². The Morgan fingerprint density at radius 3 is 2.94 bits per heavy atom. The van der Waals surface area contributed by atoms with Crippen LogP contribution in [0.3, 0.4) is 0 Å². The Balaban J connectivity index is 2.09. The first-order valence-electron chi connectivity index (χ1n) is 5.21. The van der Waals surface area contributed by atoms with Crippen LogP contribution in [0.25, 0.3) is 0 Å². The summed E-state index contributed by atoms with van der Waals surface area (Å²) in [6.45, 7) is 5.04. The molecule has 2 aromatic rings. The number of hydrogen-bond donors (Lipinski definition) is 1. The largest absolute Gasteiger partial charge is 0.308 e. The average molecular weight is 254 g/mol. The smallest absolute Gasteiger partial charge is 0.0947 e. The molecule has 2 aromatic heterocycles. The fourth-order valence-corrected chi connectivity index (χ4v) is 2.81. The molecule has 0 bridgehead atoms. The number of nitrogens with zero attached hydrogens (tertiary/aromatic N) is 3. The van der Waals surface area contributed by atoms with E-state index in [1.165, 1.54) is 11.7 Å². The van der Waals surface area contributed by atoms with Crippen LogP contribution in [-0.2, 0) is 6.42 Å². The second kappa shape index (κ2) is 5.47. The topological polar surface area (TPSA) is 50.7 Å². The highest BCUT2D eigenvalue weighted by molar-refractivity contribution is 7.09. The van der Waals surface area contributed by atoms with E-state index < -0.39 is 0 Å². The zero-order chi connectivity index (χ0) is 11.4. The van der Waals surface area contributed by atoms with Gasteiger partial charge >= 0.3 is 0 Å². The number of rotatable bonds is 5. The molecule has 0 spiro atoms. The van der Waals surface area contributed by atoms with Crippen LogP contribution in [-0.4, -0.2) is 20.3 Å². The predicted molar refractivity (Wildman–Crippen MR) is 66.9 cm³/mol. The molecule has 1 unspecified atom stereocenters. The molecular weight excluding hydrogens is 240 g/mol.